The van der Waals surface area contributed by atoms with Gasteiger partial charge in [0.2, 0.25) is 0 Å². The van der Waals surface area contributed by atoms with Crippen LogP contribution in [0.1, 0.15) is 35.9 Å². The van der Waals surface area contributed by atoms with E-state index in [2.05, 4.69) is 34.0 Å². The maximum Gasteiger partial charge on any atom is 0.317 e. The van der Waals surface area contributed by atoms with E-state index in [-0.39, 0.29) is 6.03 Å². The van der Waals surface area contributed by atoms with Crippen LogP contribution in [0.5, 0.6) is 0 Å². The fraction of sp³-hybridized carbons (Fsp3) is 0.565. The van der Waals surface area contributed by atoms with Gasteiger partial charge in [0.1, 0.15) is 0 Å². The van der Waals surface area contributed by atoms with Gasteiger partial charge in [-0.05, 0) is 25.3 Å². The van der Waals surface area contributed by atoms with E-state index in [0.717, 1.165) is 70.8 Å². The maximum absolute atomic E-state index is 12.6. The van der Waals surface area contributed by atoms with Gasteiger partial charge in [-0.25, -0.2) is 4.79 Å². The Morgan fingerprint density at radius 1 is 1.17 bits per heavy atom. The number of hydrogen-bond acceptors (Lipinski definition) is 4. The number of urea groups is 1. The summed E-state index contributed by atoms with van der Waals surface area (Å²) in [7, 11) is 0. The lowest BCUT2D eigenvalue weighted by molar-refractivity contribution is 0.107. The molecule has 0 bridgehead atoms. The quantitative estimate of drug-likeness (QED) is 0.793. The van der Waals surface area contributed by atoms with Crippen LogP contribution < -0.4 is 5.32 Å². The third-order valence-electron chi connectivity index (χ3n) is 6.06. The molecule has 2 aromatic rings. The van der Waals surface area contributed by atoms with Crippen LogP contribution in [0.4, 0.5) is 4.79 Å². The van der Waals surface area contributed by atoms with Gasteiger partial charge in [0.25, 0.3) is 0 Å². The molecule has 0 atom stereocenters. The van der Waals surface area contributed by atoms with E-state index in [1.165, 1.54) is 16.8 Å². The zero-order chi connectivity index (χ0) is 20.8. The minimum atomic E-state index is 0.0498. The second-order valence-corrected chi connectivity index (χ2v) is 8.07. The van der Waals surface area contributed by atoms with E-state index in [1.807, 2.05) is 23.1 Å². The molecule has 0 aliphatic carbocycles. The molecule has 0 saturated carbocycles. The molecule has 0 spiro atoms. The van der Waals surface area contributed by atoms with Crippen LogP contribution in [-0.2, 0) is 37.3 Å². The van der Waals surface area contributed by atoms with Crippen LogP contribution in [0.15, 0.2) is 30.3 Å². The van der Waals surface area contributed by atoms with Crippen molar-refractivity contribution < 1.29 is 9.53 Å². The third kappa shape index (κ3) is 5.02. The molecule has 1 saturated heterocycles. The van der Waals surface area contributed by atoms with Crippen molar-refractivity contribution in [3.8, 4) is 0 Å². The van der Waals surface area contributed by atoms with Crippen molar-refractivity contribution in [1.82, 2.24) is 24.9 Å². The number of amides is 2. The Balaban J connectivity index is 1.28. The first-order valence-electron chi connectivity index (χ1n) is 11.2. The van der Waals surface area contributed by atoms with Crippen molar-refractivity contribution in [2.75, 3.05) is 39.3 Å². The molecule has 1 aromatic heterocycles. The Bertz CT molecular complexity index is 836. The predicted molar refractivity (Wildman–Crippen MR) is 116 cm³/mol. The van der Waals surface area contributed by atoms with Crippen molar-refractivity contribution in [3.63, 3.8) is 0 Å². The van der Waals surface area contributed by atoms with Gasteiger partial charge in [-0.1, -0.05) is 30.3 Å². The van der Waals surface area contributed by atoms with Crippen molar-refractivity contribution >= 4 is 6.03 Å². The fourth-order valence-electron chi connectivity index (χ4n) is 4.38. The van der Waals surface area contributed by atoms with E-state index in [9.17, 15) is 4.79 Å². The highest BCUT2D eigenvalue weighted by Crippen LogP contribution is 2.22. The molecule has 2 aliphatic rings. The van der Waals surface area contributed by atoms with Crippen molar-refractivity contribution in [3.05, 3.63) is 52.8 Å². The smallest absolute Gasteiger partial charge is 0.317 e. The lowest BCUT2D eigenvalue weighted by Crippen LogP contribution is -2.42. The number of nitrogens with zero attached hydrogens (tertiary/aromatic N) is 4. The summed E-state index contributed by atoms with van der Waals surface area (Å²) in [5.41, 5.74) is 5.02. The second-order valence-electron chi connectivity index (χ2n) is 8.07. The Hall–Kier alpha value is -2.38. The van der Waals surface area contributed by atoms with Crippen LogP contribution in [0.2, 0.25) is 0 Å². The summed E-state index contributed by atoms with van der Waals surface area (Å²) in [6, 6.07) is 10.3. The average molecular weight is 412 g/mol. The number of carbonyl (C=O) groups excluding carboxylic acids is 1. The number of ether oxygens (including phenoxy) is 1. The third-order valence-corrected chi connectivity index (χ3v) is 6.06. The minimum Gasteiger partial charge on any atom is -0.376 e. The number of nitrogens with one attached hydrogen (secondary N) is 1. The first-order valence-corrected chi connectivity index (χ1v) is 11.2. The summed E-state index contributed by atoms with van der Waals surface area (Å²) >= 11 is 0. The molecule has 0 unspecified atom stereocenters. The molecule has 2 amide bonds. The van der Waals surface area contributed by atoms with Crippen LogP contribution >= 0.6 is 0 Å². The minimum absolute atomic E-state index is 0.0498. The van der Waals surface area contributed by atoms with Crippen LogP contribution in [-0.4, -0.2) is 64.9 Å². The molecule has 1 aromatic carbocycles. The van der Waals surface area contributed by atoms with Gasteiger partial charge >= 0.3 is 6.03 Å². The van der Waals surface area contributed by atoms with Gasteiger partial charge in [0, 0.05) is 63.5 Å². The van der Waals surface area contributed by atoms with Crippen LogP contribution in [0.3, 0.4) is 0 Å². The monoisotopic (exact) mass is 411 g/mol. The molecule has 4 rings (SSSR count). The number of fused-ring (bicyclic) bond motifs is 1. The fourth-order valence-corrected chi connectivity index (χ4v) is 4.38. The zero-order valence-corrected chi connectivity index (χ0v) is 18.0. The Labute approximate surface area is 179 Å². The Kier molecular flexibility index (Phi) is 7.02. The van der Waals surface area contributed by atoms with Gasteiger partial charge in [0.05, 0.1) is 18.9 Å². The summed E-state index contributed by atoms with van der Waals surface area (Å²) in [5, 5.41) is 7.94. The topological polar surface area (TPSA) is 62.6 Å². The number of carbonyl (C=O) groups is 1. The van der Waals surface area contributed by atoms with E-state index < -0.39 is 0 Å². The van der Waals surface area contributed by atoms with Gasteiger partial charge in [-0.2, -0.15) is 5.10 Å². The molecule has 2 aliphatic heterocycles. The maximum atomic E-state index is 12.6. The van der Waals surface area contributed by atoms with Gasteiger partial charge in [0.15, 0.2) is 0 Å². The molecule has 162 valence electrons. The highest BCUT2D eigenvalue weighted by Gasteiger charge is 2.24. The first-order chi connectivity index (χ1) is 14.7. The molecule has 30 heavy (non-hydrogen) atoms. The van der Waals surface area contributed by atoms with Crippen LogP contribution in [0, 0.1) is 0 Å². The first kappa shape index (κ1) is 20.9. The molecule has 7 heteroatoms. The largest absolute Gasteiger partial charge is 0.376 e. The SMILES string of the molecule is CCn1nc(CN2CCCN(C(=O)NCCc3ccccc3)CC2)c2c1CCOC2. The highest BCUT2D eigenvalue weighted by atomic mass is 16.5. The lowest BCUT2D eigenvalue weighted by atomic mass is 10.1. The van der Waals surface area contributed by atoms with Crippen molar-refractivity contribution in [1.29, 1.82) is 0 Å². The molecular formula is C23H33N5O2. The summed E-state index contributed by atoms with van der Waals surface area (Å²) in [6.07, 6.45) is 2.80. The van der Waals surface area contributed by atoms with Gasteiger partial charge in [-0.15, -0.1) is 0 Å². The molecular weight excluding hydrogens is 378 g/mol. The predicted octanol–water partition coefficient (Wildman–Crippen LogP) is 2.44. The lowest BCUT2D eigenvalue weighted by Gasteiger charge is -2.22. The molecule has 0 radical (unpaired) electrons. The molecule has 1 fully saturated rings. The number of hydrogen-bond donors (Lipinski definition) is 1. The average Bonchev–Trinajstić information content (AvgIpc) is 2.96. The number of rotatable bonds is 6. The summed E-state index contributed by atoms with van der Waals surface area (Å²) in [4.78, 5) is 17.0. The van der Waals surface area contributed by atoms with Crippen molar-refractivity contribution in [2.45, 2.75) is 45.9 Å². The van der Waals surface area contributed by atoms with Crippen LogP contribution in [0.25, 0.3) is 0 Å². The number of aromatic nitrogens is 2. The van der Waals surface area contributed by atoms with Gasteiger partial charge < -0.3 is 15.0 Å². The number of aryl methyl sites for hydroxylation is 1. The van der Waals surface area contributed by atoms with E-state index in [1.54, 1.807) is 0 Å². The molecule has 1 N–H and O–H groups in total. The van der Waals surface area contributed by atoms with Crippen molar-refractivity contribution in [2.24, 2.45) is 0 Å². The molecule has 3 heterocycles. The molecule has 7 nitrogen and oxygen atoms in total. The Morgan fingerprint density at radius 3 is 2.87 bits per heavy atom. The van der Waals surface area contributed by atoms with E-state index in [0.29, 0.717) is 13.2 Å². The van der Waals surface area contributed by atoms with E-state index in [4.69, 9.17) is 9.84 Å². The standard InChI is InChI=1S/C23H33N5O2/c1-2-28-22-10-16-30-18-20(22)21(25-28)17-26-12-6-13-27(15-14-26)23(29)24-11-9-19-7-4-3-5-8-19/h3-5,7-8H,2,6,9-18H2,1H3,(H,24,29). The second kappa shape index (κ2) is 10.1. The zero-order valence-electron chi connectivity index (χ0n) is 18.0. The number of benzene rings is 1. The summed E-state index contributed by atoms with van der Waals surface area (Å²) in [6.45, 7) is 9.44. The normalized spacial score (nSPS) is 17.4. The van der Waals surface area contributed by atoms with Gasteiger partial charge in [-0.3, -0.25) is 9.58 Å². The summed E-state index contributed by atoms with van der Waals surface area (Å²) in [5.74, 6) is 0. The van der Waals surface area contributed by atoms with E-state index >= 15 is 0 Å². The highest BCUT2D eigenvalue weighted by molar-refractivity contribution is 5.74. The Morgan fingerprint density at radius 2 is 2.03 bits per heavy atom. The summed E-state index contributed by atoms with van der Waals surface area (Å²) < 4.78 is 7.83.